The van der Waals surface area contributed by atoms with Crippen molar-refractivity contribution < 1.29 is 18.7 Å². The first-order valence-electron chi connectivity index (χ1n) is 9.90. The van der Waals surface area contributed by atoms with Gasteiger partial charge in [-0.1, -0.05) is 12.1 Å². The van der Waals surface area contributed by atoms with Gasteiger partial charge >= 0.3 is 0 Å². The lowest BCUT2D eigenvalue weighted by atomic mass is 10.1. The number of piperazine rings is 1. The molecule has 2 atom stereocenters. The molecule has 1 amide bonds. The van der Waals surface area contributed by atoms with Crippen molar-refractivity contribution in [3.63, 3.8) is 0 Å². The minimum Gasteiger partial charge on any atom is -0.493 e. The lowest BCUT2D eigenvalue weighted by molar-refractivity contribution is -0.139. The second-order valence-corrected chi connectivity index (χ2v) is 7.57. The molecular formula is C23H26FN3O3. The summed E-state index contributed by atoms with van der Waals surface area (Å²) in [4.78, 5) is 16.9. The number of carbonyl (C=O) groups is 1. The topological polar surface area (TPSA) is 65.8 Å². The Labute approximate surface area is 176 Å². The number of methoxy groups -OCH3 is 1. The number of rotatable bonds is 6. The number of nitriles is 1. The first kappa shape index (κ1) is 21.6. The van der Waals surface area contributed by atoms with Crippen molar-refractivity contribution in [3.8, 4) is 17.6 Å². The molecule has 0 N–H and O–H groups in total. The van der Waals surface area contributed by atoms with E-state index in [2.05, 4.69) is 11.8 Å². The Balaban J connectivity index is 1.58. The van der Waals surface area contributed by atoms with Crippen LogP contribution in [0.5, 0.6) is 11.5 Å². The summed E-state index contributed by atoms with van der Waals surface area (Å²) >= 11 is 0. The molecule has 0 bridgehead atoms. The fourth-order valence-electron chi connectivity index (χ4n) is 3.67. The largest absolute Gasteiger partial charge is 0.493 e. The van der Waals surface area contributed by atoms with Gasteiger partial charge in [-0.05, 0) is 43.7 Å². The smallest absolute Gasteiger partial charge is 0.260 e. The van der Waals surface area contributed by atoms with E-state index >= 15 is 0 Å². The summed E-state index contributed by atoms with van der Waals surface area (Å²) in [6.45, 7) is 6.04. The monoisotopic (exact) mass is 411 g/mol. The summed E-state index contributed by atoms with van der Waals surface area (Å²) < 4.78 is 24.1. The predicted molar refractivity (Wildman–Crippen MR) is 111 cm³/mol. The number of ether oxygens (including phenoxy) is 2. The van der Waals surface area contributed by atoms with Crippen LogP contribution in [-0.2, 0) is 11.3 Å². The molecule has 0 aliphatic carbocycles. The molecule has 1 aliphatic heterocycles. The lowest BCUT2D eigenvalue weighted by Gasteiger charge is -2.44. The van der Waals surface area contributed by atoms with Gasteiger partial charge in [0.1, 0.15) is 5.82 Å². The average molecular weight is 411 g/mol. The minimum atomic E-state index is -0.241. The molecule has 1 saturated heterocycles. The van der Waals surface area contributed by atoms with Gasteiger partial charge in [0.05, 0.1) is 18.7 Å². The van der Waals surface area contributed by atoms with Crippen molar-refractivity contribution in [1.82, 2.24) is 9.80 Å². The van der Waals surface area contributed by atoms with E-state index in [1.807, 2.05) is 17.9 Å². The molecule has 1 fully saturated rings. The van der Waals surface area contributed by atoms with E-state index in [0.717, 1.165) is 12.1 Å². The Morgan fingerprint density at radius 1 is 1.13 bits per heavy atom. The Morgan fingerprint density at radius 2 is 1.87 bits per heavy atom. The Morgan fingerprint density at radius 3 is 2.53 bits per heavy atom. The van der Waals surface area contributed by atoms with Crippen LogP contribution < -0.4 is 9.47 Å². The van der Waals surface area contributed by atoms with Gasteiger partial charge in [-0.2, -0.15) is 5.26 Å². The summed E-state index contributed by atoms with van der Waals surface area (Å²) in [5, 5.41) is 8.99. The van der Waals surface area contributed by atoms with Crippen LogP contribution in [0.4, 0.5) is 4.39 Å². The van der Waals surface area contributed by atoms with Crippen molar-refractivity contribution in [2.45, 2.75) is 32.5 Å². The van der Waals surface area contributed by atoms with E-state index in [-0.39, 0.29) is 30.4 Å². The van der Waals surface area contributed by atoms with E-state index in [1.165, 1.54) is 19.2 Å². The molecule has 0 radical (unpaired) electrons. The van der Waals surface area contributed by atoms with Crippen LogP contribution in [0, 0.1) is 17.1 Å². The van der Waals surface area contributed by atoms with Crippen LogP contribution in [0.3, 0.4) is 0 Å². The fourth-order valence-corrected chi connectivity index (χ4v) is 3.67. The summed E-state index contributed by atoms with van der Waals surface area (Å²) in [7, 11) is 1.50. The van der Waals surface area contributed by atoms with E-state index in [1.54, 1.807) is 30.3 Å². The van der Waals surface area contributed by atoms with Crippen molar-refractivity contribution in [2.75, 3.05) is 26.8 Å². The average Bonchev–Trinajstić information content (AvgIpc) is 2.75. The van der Waals surface area contributed by atoms with E-state index < -0.39 is 0 Å². The number of amides is 1. The van der Waals surface area contributed by atoms with Crippen LogP contribution in [0.1, 0.15) is 25.0 Å². The zero-order valence-electron chi connectivity index (χ0n) is 17.5. The molecule has 30 heavy (non-hydrogen) atoms. The summed E-state index contributed by atoms with van der Waals surface area (Å²) in [6.07, 6.45) is 0. The van der Waals surface area contributed by atoms with Crippen LogP contribution in [-0.4, -0.2) is 54.6 Å². The van der Waals surface area contributed by atoms with Crippen molar-refractivity contribution >= 4 is 5.91 Å². The van der Waals surface area contributed by atoms with Gasteiger partial charge in [0.2, 0.25) is 0 Å². The van der Waals surface area contributed by atoms with Gasteiger partial charge in [0.25, 0.3) is 5.91 Å². The molecule has 6 nitrogen and oxygen atoms in total. The summed E-state index contributed by atoms with van der Waals surface area (Å²) in [5.41, 5.74) is 1.51. The van der Waals surface area contributed by atoms with Crippen LogP contribution >= 0.6 is 0 Å². The van der Waals surface area contributed by atoms with Crippen LogP contribution in [0.15, 0.2) is 42.5 Å². The lowest BCUT2D eigenvalue weighted by Crippen LogP contribution is -2.58. The quantitative estimate of drug-likeness (QED) is 0.730. The molecule has 3 rings (SSSR count). The number of carbonyl (C=O) groups excluding carboxylic acids is 1. The second kappa shape index (κ2) is 9.59. The Hall–Kier alpha value is -3.11. The third-order valence-electron chi connectivity index (χ3n) is 5.38. The first-order chi connectivity index (χ1) is 14.4. The first-order valence-corrected chi connectivity index (χ1v) is 9.90. The standard InChI is InChI=1S/C23H26FN3O3/c1-16-13-27(17(2)12-26(16)14-18-4-7-20(24)8-5-18)23(28)15-30-21-9-6-19(11-25)10-22(21)29-3/h4-10,16-17H,12-15H2,1-3H3. The molecule has 0 saturated carbocycles. The molecular weight excluding hydrogens is 385 g/mol. The van der Waals surface area contributed by atoms with Gasteiger partial charge in [0, 0.05) is 37.8 Å². The SMILES string of the molecule is COc1cc(C#N)ccc1OCC(=O)N1CC(C)N(Cc2ccc(F)cc2)CC1C. The van der Waals surface area contributed by atoms with Gasteiger partial charge in [-0.25, -0.2) is 4.39 Å². The number of halogens is 1. The molecule has 1 heterocycles. The van der Waals surface area contributed by atoms with Gasteiger partial charge < -0.3 is 14.4 Å². The van der Waals surface area contributed by atoms with Gasteiger partial charge in [-0.15, -0.1) is 0 Å². The van der Waals surface area contributed by atoms with E-state index in [4.69, 9.17) is 14.7 Å². The van der Waals surface area contributed by atoms with Crippen LogP contribution in [0.25, 0.3) is 0 Å². The molecule has 2 unspecified atom stereocenters. The highest BCUT2D eigenvalue weighted by Crippen LogP contribution is 2.28. The van der Waals surface area contributed by atoms with E-state index in [9.17, 15) is 9.18 Å². The maximum atomic E-state index is 13.1. The second-order valence-electron chi connectivity index (χ2n) is 7.57. The summed E-state index contributed by atoms with van der Waals surface area (Å²) in [5.74, 6) is 0.518. The number of hydrogen-bond acceptors (Lipinski definition) is 5. The third-order valence-corrected chi connectivity index (χ3v) is 5.38. The van der Waals surface area contributed by atoms with Crippen LogP contribution in [0.2, 0.25) is 0 Å². The third kappa shape index (κ3) is 5.08. The number of benzene rings is 2. The highest BCUT2D eigenvalue weighted by atomic mass is 19.1. The van der Waals surface area contributed by atoms with E-state index in [0.29, 0.717) is 30.2 Å². The highest BCUT2D eigenvalue weighted by molar-refractivity contribution is 5.78. The number of nitrogens with zero attached hydrogens (tertiary/aromatic N) is 3. The fraction of sp³-hybridized carbons (Fsp3) is 0.391. The van der Waals surface area contributed by atoms with Gasteiger partial charge in [0.15, 0.2) is 18.1 Å². The minimum absolute atomic E-state index is 0.0283. The Kier molecular flexibility index (Phi) is 6.91. The maximum absolute atomic E-state index is 13.1. The zero-order valence-corrected chi connectivity index (χ0v) is 17.5. The molecule has 2 aromatic carbocycles. The predicted octanol–water partition coefficient (Wildman–Crippen LogP) is 3.21. The van der Waals surface area contributed by atoms with Crippen molar-refractivity contribution in [2.24, 2.45) is 0 Å². The maximum Gasteiger partial charge on any atom is 0.260 e. The zero-order chi connectivity index (χ0) is 21.7. The van der Waals surface area contributed by atoms with Crippen molar-refractivity contribution in [3.05, 3.63) is 59.4 Å². The molecule has 7 heteroatoms. The molecule has 2 aromatic rings. The molecule has 0 spiro atoms. The molecule has 0 aromatic heterocycles. The summed E-state index contributed by atoms with van der Waals surface area (Å²) in [6, 6.07) is 13.6. The Bertz CT molecular complexity index is 926. The number of hydrogen-bond donors (Lipinski definition) is 0. The molecule has 158 valence electrons. The molecule has 1 aliphatic rings. The van der Waals surface area contributed by atoms with Crippen molar-refractivity contribution in [1.29, 1.82) is 5.26 Å². The normalized spacial score (nSPS) is 19.2. The van der Waals surface area contributed by atoms with Gasteiger partial charge in [-0.3, -0.25) is 9.69 Å². The highest BCUT2D eigenvalue weighted by Gasteiger charge is 2.32.